The first-order valence-corrected chi connectivity index (χ1v) is 8.18. The van der Waals surface area contributed by atoms with Gasteiger partial charge in [-0.05, 0) is 63.5 Å². The van der Waals surface area contributed by atoms with E-state index in [9.17, 15) is 4.79 Å². The predicted molar refractivity (Wildman–Crippen MR) is 97.5 cm³/mol. The van der Waals surface area contributed by atoms with E-state index in [4.69, 9.17) is 13.9 Å². The molecule has 25 heavy (non-hydrogen) atoms. The van der Waals surface area contributed by atoms with Crippen molar-refractivity contribution >= 4 is 34.1 Å². The van der Waals surface area contributed by atoms with Crippen molar-refractivity contribution in [1.82, 2.24) is 4.98 Å². The zero-order valence-corrected chi connectivity index (χ0v) is 14.9. The maximum Gasteiger partial charge on any atom is 0.379 e. The van der Waals surface area contributed by atoms with Crippen molar-refractivity contribution in [3.05, 3.63) is 76.4 Å². The molecule has 1 aromatic carbocycles. The largest absolute Gasteiger partial charge is 0.493 e. The second-order valence-electron chi connectivity index (χ2n) is 5.02. The summed E-state index contributed by atoms with van der Waals surface area (Å²) in [4.78, 5) is 16.1. The Morgan fingerprint density at radius 3 is 2.48 bits per heavy atom. The summed E-state index contributed by atoms with van der Waals surface area (Å²) in [5.74, 6) is 0.289. The molecular weight excluding hydrogens is 386 g/mol. The summed E-state index contributed by atoms with van der Waals surface area (Å²) in [6, 6.07) is 12.3. The van der Waals surface area contributed by atoms with Crippen molar-refractivity contribution in [2.75, 3.05) is 7.11 Å². The van der Waals surface area contributed by atoms with Crippen molar-refractivity contribution in [2.24, 2.45) is 0 Å². The van der Waals surface area contributed by atoms with Gasteiger partial charge < -0.3 is 13.9 Å². The number of furan rings is 1. The van der Waals surface area contributed by atoms with Gasteiger partial charge in [-0.25, -0.2) is 4.79 Å². The van der Waals surface area contributed by atoms with Gasteiger partial charge in [0.05, 0.1) is 7.11 Å². The van der Waals surface area contributed by atoms with E-state index in [2.05, 4.69) is 20.9 Å². The molecule has 3 rings (SSSR count). The Balaban J connectivity index is 1.77. The third kappa shape index (κ3) is 4.36. The first-order chi connectivity index (χ1) is 12.2. The number of esters is 1. The van der Waals surface area contributed by atoms with E-state index >= 15 is 0 Å². The molecule has 2 heterocycles. The Labute approximate surface area is 153 Å². The summed E-state index contributed by atoms with van der Waals surface area (Å²) in [5.41, 5.74) is 1.95. The quantitative estimate of drug-likeness (QED) is 0.453. The maximum atomic E-state index is 12.1. The summed E-state index contributed by atoms with van der Waals surface area (Å²) in [7, 11) is 1.52. The molecule has 0 aliphatic carbocycles. The number of rotatable bonds is 5. The highest BCUT2D eigenvalue weighted by atomic mass is 79.9. The van der Waals surface area contributed by atoms with Gasteiger partial charge in [-0.3, -0.25) is 4.98 Å². The highest BCUT2D eigenvalue weighted by Gasteiger charge is 2.16. The van der Waals surface area contributed by atoms with Crippen molar-refractivity contribution in [3.63, 3.8) is 0 Å². The van der Waals surface area contributed by atoms with Crippen LogP contribution in [0.5, 0.6) is 11.5 Å². The maximum absolute atomic E-state index is 12.1. The number of carbonyl (C=O) groups is 1. The average Bonchev–Trinajstić information content (AvgIpc) is 3.08. The average molecular weight is 400 g/mol. The third-order valence-corrected chi connectivity index (χ3v) is 3.77. The minimum absolute atomic E-state index is 0.107. The molecular formula is C19H14BrNO4. The fraction of sp³-hybridized carbons (Fsp3) is 0.0526. The van der Waals surface area contributed by atoms with Crippen LogP contribution in [0.15, 0.2) is 63.9 Å². The molecule has 0 bridgehead atoms. The standard InChI is InChI=1S/C19H14BrNO4/c1-23-17-12-14(3-2-13-8-10-21-11-9-13)4-5-15(17)25-19(22)16-6-7-18(20)24-16/h2-12H,1H3. The van der Waals surface area contributed by atoms with Gasteiger partial charge in [-0.2, -0.15) is 0 Å². The van der Waals surface area contributed by atoms with Crippen LogP contribution in [0.1, 0.15) is 21.7 Å². The molecule has 0 N–H and O–H groups in total. The Hall–Kier alpha value is -2.86. The molecule has 0 amide bonds. The molecule has 0 fully saturated rings. The minimum Gasteiger partial charge on any atom is -0.493 e. The zero-order valence-electron chi connectivity index (χ0n) is 13.3. The Morgan fingerprint density at radius 1 is 1.04 bits per heavy atom. The molecule has 0 aliphatic heterocycles. The van der Waals surface area contributed by atoms with Gasteiger partial charge in [0.15, 0.2) is 16.2 Å². The second kappa shape index (κ2) is 7.81. The molecule has 6 heteroatoms. The molecule has 5 nitrogen and oxygen atoms in total. The molecule has 3 aromatic rings. The van der Waals surface area contributed by atoms with Crippen molar-refractivity contribution < 1.29 is 18.7 Å². The van der Waals surface area contributed by atoms with E-state index in [-0.39, 0.29) is 5.76 Å². The van der Waals surface area contributed by atoms with Gasteiger partial charge in [-0.1, -0.05) is 18.2 Å². The number of methoxy groups -OCH3 is 1. The molecule has 0 spiro atoms. The smallest absolute Gasteiger partial charge is 0.379 e. The lowest BCUT2D eigenvalue weighted by molar-refractivity contribution is 0.0695. The highest BCUT2D eigenvalue weighted by Crippen LogP contribution is 2.30. The van der Waals surface area contributed by atoms with E-state index in [1.807, 2.05) is 30.4 Å². The summed E-state index contributed by atoms with van der Waals surface area (Å²) in [6.45, 7) is 0. The van der Waals surface area contributed by atoms with Gasteiger partial charge in [0.1, 0.15) is 0 Å². The van der Waals surface area contributed by atoms with E-state index < -0.39 is 5.97 Å². The van der Waals surface area contributed by atoms with E-state index in [0.717, 1.165) is 11.1 Å². The lowest BCUT2D eigenvalue weighted by Crippen LogP contribution is -2.08. The summed E-state index contributed by atoms with van der Waals surface area (Å²) >= 11 is 3.15. The normalized spacial score (nSPS) is 10.8. The minimum atomic E-state index is -0.593. The third-order valence-electron chi connectivity index (χ3n) is 3.34. The summed E-state index contributed by atoms with van der Waals surface area (Å²) in [5, 5.41) is 0. The summed E-state index contributed by atoms with van der Waals surface area (Å²) in [6.07, 6.45) is 7.36. The van der Waals surface area contributed by atoms with Crippen LogP contribution in [0.4, 0.5) is 0 Å². The van der Waals surface area contributed by atoms with E-state index in [1.54, 1.807) is 30.6 Å². The molecule has 0 saturated carbocycles. The first-order valence-electron chi connectivity index (χ1n) is 7.39. The number of pyridine rings is 1. The first kappa shape index (κ1) is 17.0. The van der Waals surface area contributed by atoms with Gasteiger partial charge in [0, 0.05) is 12.4 Å². The SMILES string of the molecule is COc1cc(C=Cc2ccncc2)ccc1OC(=O)c1ccc(Br)o1. The van der Waals surface area contributed by atoms with Crippen LogP contribution < -0.4 is 9.47 Å². The number of halogens is 1. The number of aromatic nitrogens is 1. The van der Waals surface area contributed by atoms with Crippen molar-refractivity contribution in [3.8, 4) is 11.5 Å². The number of nitrogens with zero attached hydrogens (tertiary/aromatic N) is 1. The Morgan fingerprint density at radius 2 is 1.80 bits per heavy atom. The monoisotopic (exact) mass is 399 g/mol. The van der Waals surface area contributed by atoms with Crippen LogP contribution in [-0.2, 0) is 0 Å². The Kier molecular flexibility index (Phi) is 5.30. The van der Waals surface area contributed by atoms with Crippen LogP contribution in [0, 0.1) is 0 Å². The van der Waals surface area contributed by atoms with Gasteiger partial charge >= 0.3 is 5.97 Å². The van der Waals surface area contributed by atoms with Crippen LogP contribution >= 0.6 is 15.9 Å². The zero-order chi connectivity index (χ0) is 17.6. The number of ether oxygens (including phenoxy) is 2. The van der Waals surface area contributed by atoms with Crippen LogP contribution in [0.25, 0.3) is 12.2 Å². The predicted octanol–water partition coefficient (Wildman–Crippen LogP) is 4.84. The fourth-order valence-electron chi connectivity index (χ4n) is 2.11. The highest BCUT2D eigenvalue weighted by molar-refractivity contribution is 9.10. The fourth-order valence-corrected chi connectivity index (χ4v) is 2.42. The molecule has 0 unspecified atom stereocenters. The second-order valence-corrected chi connectivity index (χ2v) is 5.80. The van der Waals surface area contributed by atoms with Crippen LogP contribution in [0.2, 0.25) is 0 Å². The van der Waals surface area contributed by atoms with E-state index in [1.165, 1.54) is 13.2 Å². The number of carbonyl (C=O) groups excluding carboxylic acids is 1. The van der Waals surface area contributed by atoms with Gasteiger partial charge in [0.25, 0.3) is 0 Å². The van der Waals surface area contributed by atoms with Crippen LogP contribution in [-0.4, -0.2) is 18.1 Å². The number of benzene rings is 1. The number of hydrogen-bond acceptors (Lipinski definition) is 5. The molecule has 2 aromatic heterocycles. The van der Waals surface area contributed by atoms with E-state index in [0.29, 0.717) is 16.2 Å². The molecule has 0 saturated heterocycles. The number of hydrogen-bond donors (Lipinski definition) is 0. The molecule has 0 radical (unpaired) electrons. The van der Waals surface area contributed by atoms with Crippen molar-refractivity contribution in [2.45, 2.75) is 0 Å². The van der Waals surface area contributed by atoms with Crippen molar-refractivity contribution in [1.29, 1.82) is 0 Å². The topological polar surface area (TPSA) is 61.6 Å². The lowest BCUT2D eigenvalue weighted by Gasteiger charge is -2.09. The molecule has 0 atom stereocenters. The van der Waals surface area contributed by atoms with Gasteiger partial charge in [0.2, 0.25) is 5.76 Å². The lowest BCUT2D eigenvalue weighted by atomic mass is 10.1. The van der Waals surface area contributed by atoms with Gasteiger partial charge in [-0.15, -0.1) is 0 Å². The molecule has 0 aliphatic rings. The van der Waals surface area contributed by atoms with Crippen LogP contribution in [0.3, 0.4) is 0 Å². The Bertz CT molecular complexity index is 903. The molecule has 126 valence electrons. The summed E-state index contributed by atoms with van der Waals surface area (Å²) < 4.78 is 16.3.